The summed E-state index contributed by atoms with van der Waals surface area (Å²) < 4.78 is 26.3. The van der Waals surface area contributed by atoms with Gasteiger partial charge in [-0.05, 0) is 17.2 Å². The molecule has 0 spiro atoms. The highest BCUT2D eigenvalue weighted by atomic mass is 28.3. The third-order valence-corrected chi connectivity index (χ3v) is 8.94. The first-order valence-electron chi connectivity index (χ1n) is 5.11. The molecule has 0 N–H and O–H groups in total. The van der Waals surface area contributed by atoms with Gasteiger partial charge in [-0.15, -0.1) is 0 Å². The van der Waals surface area contributed by atoms with Crippen LogP contribution in [0.4, 0.5) is 8.78 Å². The molecule has 1 rings (SSSR count). The summed E-state index contributed by atoms with van der Waals surface area (Å²) in [6.07, 6.45) is 0. The molecule has 0 fully saturated rings. The molecular formula is C12H18F2Si. The van der Waals surface area contributed by atoms with E-state index < -0.39 is 19.7 Å². The topological polar surface area (TPSA) is 0 Å². The lowest BCUT2D eigenvalue weighted by atomic mass is 10.2. The minimum atomic E-state index is -1.82. The highest BCUT2D eigenvalue weighted by molar-refractivity contribution is 6.92. The lowest BCUT2D eigenvalue weighted by molar-refractivity contribution is 0.584. The Kier molecular flexibility index (Phi) is 3.05. The predicted octanol–water partition coefficient (Wildman–Crippen LogP) is 3.68. The van der Waals surface area contributed by atoms with Crippen molar-refractivity contribution in [2.24, 2.45) is 0 Å². The van der Waals surface area contributed by atoms with Gasteiger partial charge < -0.3 is 0 Å². The van der Waals surface area contributed by atoms with E-state index in [4.69, 9.17) is 0 Å². The van der Waals surface area contributed by atoms with Crippen LogP contribution in [0.1, 0.15) is 20.8 Å². The smallest absolute Gasteiger partial charge is 0.126 e. The van der Waals surface area contributed by atoms with Crippen molar-refractivity contribution >= 4 is 13.3 Å². The maximum absolute atomic E-state index is 13.1. The molecule has 1 aromatic rings. The molecule has 0 bridgehead atoms. The standard InChI is InChI=1S/C12H18F2Si/c1-12(2,3)15(4,5)11-7-9(13)6-10(14)8-11/h6-8H,1-5H3. The Morgan fingerprint density at radius 2 is 1.33 bits per heavy atom. The number of rotatable bonds is 1. The first kappa shape index (κ1) is 12.4. The van der Waals surface area contributed by atoms with Crippen LogP contribution in [0.3, 0.4) is 0 Å². The third-order valence-electron chi connectivity index (χ3n) is 3.46. The molecule has 0 aliphatic carbocycles. The molecule has 1 aromatic carbocycles. The van der Waals surface area contributed by atoms with Gasteiger partial charge in [0.2, 0.25) is 0 Å². The van der Waals surface area contributed by atoms with Crippen molar-refractivity contribution in [1.82, 2.24) is 0 Å². The van der Waals surface area contributed by atoms with Gasteiger partial charge in [-0.25, -0.2) is 8.78 Å². The molecule has 15 heavy (non-hydrogen) atoms. The van der Waals surface area contributed by atoms with Crippen LogP contribution < -0.4 is 5.19 Å². The zero-order valence-electron chi connectivity index (χ0n) is 9.99. The molecule has 0 aliphatic rings. The van der Waals surface area contributed by atoms with E-state index in [1.54, 1.807) is 0 Å². The predicted molar refractivity (Wildman–Crippen MR) is 63.2 cm³/mol. The molecule has 0 unspecified atom stereocenters. The maximum atomic E-state index is 13.1. The van der Waals surface area contributed by atoms with Crippen molar-refractivity contribution in [3.63, 3.8) is 0 Å². The zero-order chi connectivity index (χ0) is 11.9. The minimum Gasteiger partial charge on any atom is -0.207 e. The average Bonchev–Trinajstić information content (AvgIpc) is 1.99. The van der Waals surface area contributed by atoms with Gasteiger partial charge >= 0.3 is 0 Å². The Bertz CT molecular complexity index is 344. The summed E-state index contributed by atoms with van der Waals surface area (Å²) in [4.78, 5) is 0. The fourth-order valence-electron chi connectivity index (χ4n) is 1.35. The van der Waals surface area contributed by atoms with Gasteiger partial charge in [-0.3, -0.25) is 0 Å². The molecule has 0 radical (unpaired) electrons. The lowest BCUT2D eigenvalue weighted by Gasteiger charge is -2.37. The van der Waals surface area contributed by atoms with Crippen LogP contribution in [-0.4, -0.2) is 8.07 Å². The van der Waals surface area contributed by atoms with E-state index in [0.717, 1.165) is 11.3 Å². The summed E-state index contributed by atoms with van der Waals surface area (Å²) in [5.41, 5.74) is 0. The van der Waals surface area contributed by atoms with E-state index in [1.165, 1.54) is 12.1 Å². The van der Waals surface area contributed by atoms with Crippen molar-refractivity contribution < 1.29 is 8.78 Å². The Morgan fingerprint density at radius 1 is 0.933 bits per heavy atom. The summed E-state index contributed by atoms with van der Waals surface area (Å²) in [6.45, 7) is 10.7. The zero-order valence-corrected chi connectivity index (χ0v) is 11.0. The monoisotopic (exact) mass is 228 g/mol. The van der Waals surface area contributed by atoms with Crippen LogP contribution in [0.5, 0.6) is 0 Å². The normalized spacial score (nSPS) is 13.0. The van der Waals surface area contributed by atoms with Gasteiger partial charge in [0.25, 0.3) is 0 Å². The van der Waals surface area contributed by atoms with Gasteiger partial charge in [-0.2, -0.15) is 0 Å². The Balaban J connectivity index is 3.27. The highest BCUT2D eigenvalue weighted by Crippen LogP contribution is 2.35. The molecular weight excluding hydrogens is 210 g/mol. The highest BCUT2D eigenvalue weighted by Gasteiger charge is 2.37. The molecule has 0 saturated carbocycles. The first-order chi connectivity index (χ1) is 6.64. The van der Waals surface area contributed by atoms with Crippen molar-refractivity contribution in [2.75, 3.05) is 0 Å². The molecule has 0 nitrogen and oxygen atoms in total. The number of hydrogen-bond acceptors (Lipinski definition) is 0. The molecule has 0 heterocycles. The summed E-state index contributed by atoms with van der Waals surface area (Å²) in [7, 11) is -1.82. The second kappa shape index (κ2) is 3.70. The SMILES string of the molecule is CC(C)(C)[Si](C)(C)c1cc(F)cc(F)c1. The number of benzene rings is 1. The second-order valence-corrected chi connectivity index (χ2v) is 10.9. The molecule has 84 valence electrons. The number of hydrogen-bond donors (Lipinski definition) is 0. The Labute approximate surface area is 91.3 Å². The molecule has 0 amide bonds. The average molecular weight is 228 g/mol. The Hall–Kier alpha value is -0.703. The van der Waals surface area contributed by atoms with E-state index >= 15 is 0 Å². The fourth-order valence-corrected chi connectivity index (χ4v) is 3.21. The molecule has 0 saturated heterocycles. The summed E-state index contributed by atoms with van der Waals surface area (Å²) in [5, 5.41) is 0.931. The van der Waals surface area contributed by atoms with Crippen LogP contribution >= 0.6 is 0 Å². The van der Waals surface area contributed by atoms with E-state index in [-0.39, 0.29) is 5.04 Å². The molecule has 0 atom stereocenters. The van der Waals surface area contributed by atoms with Gasteiger partial charge in [0.15, 0.2) is 0 Å². The van der Waals surface area contributed by atoms with Crippen molar-refractivity contribution in [2.45, 2.75) is 38.9 Å². The van der Waals surface area contributed by atoms with E-state index in [9.17, 15) is 8.78 Å². The van der Waals surface area contributed by atoms with Crippen LogP contribution in [0.25, 0.3) is 0 Å². The summed E-state index contributed by atoms with van der Waals surface area (Å²) >= 11 is 0. The van der Waals surface area contributed by atoms with Gasteiger partial charge in [-0.1, -0.05) is 39.1 Å². The van der Waals surface area contributed by atoms with E-state index in [2.05, 4.69) is 33.9 Å². The van der Waals surface area contributed by atoms with Crippen LogP contribution in [-0.2, 0) is 0 Å². The first-order valence-corrected chi connectivity index (χ1v) is 8.11. The van der Waals surface area contributed by atoms with Gasteiger partial charge in [0.05, 0.1) is 8.07 Å². The van der Waals surface area contributed by atoms with E-state index in [1.807, 2.05) is 0 Å². The van der Waals surface area contributed by atoms with Crippen molar-refractivity contribution in [3.05, 3.63) is 29.8 Å². The largest absolute Gasteiger partial charge is 0.207 e. The molecule has 3 heteroatoms. The number of halogens is 2. The van der Waals surface area contributed by atoms with Crippen molar-refractivity contribution in [3.8, 4) is 0 Å². The minimum absolute atomic E-state index is 0.0905. The van der Waals surface area contributed by atoms with Crippen LogP contribution in [0.2, 0.25) is 18.1 Å². The Morgan fingerprint density at radius 3 is 1.67 bits per heavy atom. The second-order valence-electron chi connectivity index (χ2n) is 5.53. The molecule has 0 aromatic heterocycles. The van der Waals surface area contributed by atoms with Crippen LogP contribution in [0.15, 0.2) is 18.2 Å². The maximum Gasteiger partial charge on any atom is 0.126 e. The van der Waals surface area contributed by atoms with E-state index in [0.29, 0.717) is 0 Å². The summed E-state index contributed by atoms with van der Waals surface area (Å²) in [5.74, 6) is -0.954. The van der Waals surface area contributed by atoms with Gasteiger partial charge in [0, 0.05) is 6.07 Å². The quantitative estimate of drug-likeness (QED) is 0.643. The summed E-state index contributed by atoms with van der Waals surface area (Å²) in [6, 6.07) is 3.87. The fraction of sp³-hybridized carbons (Fsp3) is 0.500. The third kappa shape index (κ3) is 2.45. The van der Waals surface area contributed by atoms with Crippen LogP contribution in [0, 0.1) is 11.6 Å². The van der Waals surface area contributed by atoms with Gasteiger partial charge in [0.1, 0.15) is 11.6 Å². The lowest BCUT2D eigenvalue weighted by Crippen LogP contribution is -2.49. The van der Waals surface area contributed by atoms with Crippen molar-refractivity contribution in [1.29, 1.82) is 0 Å². The molecule has 0 aliphatic heterocycles.